The van der Waals surface area contributed by atoms with E-state index in [-0.39, 0.29) is 17.7 Å². The van der Waals surface area contributed by atoms with Gasteiger partial charge in [0.25, 0.3) is 0 Å². The first-order chi connectivity index (χ1) is 9.98. The highest BCUT2D eigenvalue weighted by atomic mass is 16.5. The Balaban J connectivity index is 3.19. The van der Waals surface area contributed by atoms with Crippen LogP contribution < -0.4 is 10.1 Å². The van der Waals surface area contributed by atoms with Crippen molar-refractivity contribution >= 4 is 0 Å². The lowest BCUT2D eigenvalue weighted by atomic mass is 9.87. The number of para-hydroxylation sites is 1. The fourth-order valence-electron chi connectivity index (χ4n) is 2.49. The molecule has 2 atom stereocenters. The molecule has 3 heteroatoms. The van der Waals surface area contributed by atoms with Crippen LogP contribution in [0.1, 0.15) is 59.1 Å². The van der Waals surface area contributed by atoms with E-state index in [2.05, 4.69) is 52.1 Å². The van der Waals surface area contributed by atoms with Crippen LogP contribution in [-0.2, 0) is 4.74 Å². The molecule has 1 aromatic carbocycles. The molecule has 0 fully saturated rings. The number of hydrogen-bond donors (Lipinski definition) is 1. The molecule has 1 rings (SSSR count). The average molecular weight is 293 g/mol. The standard InChI is InChI=1S/C18H31NO2/c1-7-13-19-17(18(5,8-2)20-6)15-11-9-10-12-16(15)21-14(3)4/h9-12,14,17,19H,7-8,13H2,1-6H3. The van der Waals surface area contributed by atoms with E-state index in [0.29, 0.717) is 0 Å². The van der Waals surface area contributed by atoms with E-state index in [1.807, 2.05) is 12.1 Å². The SMILES string of the molecule is CCCNC(c1ccccc1OC(C)C)C(C)(CC)OC. The summed E-state index contributed by atoms with van der Waals surface area (Å²) in [6.45, 7) is 11.6. The van der Waals surface area contributed by atoms with Gasteiger partial charge in [-0.15, -0.1) is 0 Å². The van der Waals surface area contributed by atoms with Crippen LogP contribution in [0.2, 0.25) is 0 Å². The Bertz CT molecular complexity index is 413. The molecule has 0 saturated heterocycles. The zero-order valence-corrected chi connectivity index (χ0v) is 14.4. The van der Waals surface area contributed by atoms with Gasteiger partial charge >= 0.3 is 0 Å². The highest BCUT2D eigenvalue weighted by molar-refractivity contribution is 5.37. The minimum Gasteiger partial charge on any atom is -0.491 e. The van der Waals surface area contributed by atoms with Gasteiger partial charge < -0.3 is 14.8 Å². The lowest BCUT2D eigenvalue weighted by Gasteiger charge is -2.37. The van der Waals surface area contributed by atoms with Crippen molar-refractivity contribution in [2.75, 3.05) is 13.7 Å². The minimum atomic E-state index is -0.258. The van der Waals surface area contributed by atoms with Gasteiger partial charge in [-0.05, 0) is 46.2 Å². The first-order valence-corrected chi connectivity index (χ1v) is 8.02. The second kappa shape index (κ2) is 8.40. The molecule has 0 saturated carbocycles. The molecule has 120 valence electrons. The first-order valence-electron chi connectivity index (χ1n) is 8.02. The van der Waals surface area contributed by atoms with Crippen molar-refractivity contribution in [3.8, 4) is 5.75 Å². The van der Waals surface area contributed by atoms with Gasteiger partial charge in [-0.1, -0.05) is 32.0 Å². The molecule has 0 aliphatic carbocycles. The molecule has 2 unspecified atom stereocenters. The maximum atomic E-state index is 5.99. The van der Waals surface area contributed by atoms with E-state index in [0.717, 1.165) is 25.1 Å². The Morgan fingerprint density at radius 3 is 2.38 bits per heavy atom. The quantitative estimate of drug-likeness (QED) is 0.735. The molecule has 0 bridgehead atoms. The van der Waals surface area contributed by atoms with Gasteiger partial charge in [-0.25, -0.2) is 0 Å². The van der Waals surface area contributed by atoms with Crippen LogP contribution in [0.15, 0.2) is 24.3 Å². The molecule has 1 aromatic rings. The monoisotopic (exact) mass is 293 g/mol. The molecule has 0 heterocycles. The summed E-state index contributed by atoms with van der Waals surface area (Å²) >= 11 is 0. The molecule has 0 spiro atoms. The number of methoxy groups -OCH3 is 1. The van der Waals surface area contributed by atoms with Gasteiger partial charge in [0, 0.05) is 12.7 Å². The highest BCUT2D eigenvalue weighted by Gasteiger charge is 2.35. The van der Waals surface area contributed by atoms with E-state index in [1.165, 1.54) is 5.56 Å². The van der Waals surface area contributed by atoms with E-state index in [1.54, 1.807) is 7.11 Å². The normalized spacial score (nSPS) is 15.8. The molecule has 0 aliphatic rings. The third-order valence-corrected chi connectivity index (χ3v) is 3.97. The lowest BCUT2D eigenvalue weighted by molar-refractivity contribution is -0.0307. The number of ether oxygens (including phenoxy) is 2. The number of hydrogen-bond acceptors (Lipinski definition) is 3. The lowest BCUT2D eigenvalue weighted by Crippen LogP contribution is -2.43. The fourth-order valence-corrected chi connectivity index (χ4v) is 2.49. The Morgan fingerprint density at radius 1 is 1.19 bits per heavy atom. The molecule has 0 aromatic heterocycles. The Kier molecular flexibility index (Phi) is 7.20. The van der Waals surface area contributed by atoms with Crippen molar-refractivity contribution in [3.05, 3.63) is 29.8 Å². The maximum Gasteiger partial charge on any atom is 0.124 e. The minimum absolute atomic E-state index is 0.113. The van der Waals surface area contributed by atoms with Crippen LogP contribution in [-0.4, -0.2) is 25.4 Å². The van der Waals surface area contributed by atoms with Crippen molar-refractivity contribution in [2.45, 2.75) is 65.2 Å². The summed E-state index contributed by atoms with van der Waals surface area (Å²) in [5.41, 5.74) is 0.914. The summed E-state index contributed by atoms with van der Waals surface area (Å²) in [6.07, 6.45) is 2.18. The van der Waals surface area contributed by atoms with Gasteiger partial charge in [0.2, 0.25) is 0 Å². The number of benzene rings is 1. The van der Waals surface area contributed by atoms with Crippen molar-refractivity contribution < 1.29 is 9.47 Å². The molecular formula is C18H31NO2. The summed E-state index contributed by atoms with van der Waals surface area (Å²) in [5.74, 6) is 0.942. The van der Waals surface area contributed by atoms with E-state index >= 15 is 0 Å². The van der Waals surface area contributed by atoms with Crippen LogP contribution >= 0.6 is 0 Å². The third-order valence-electron chi connectivity index (χ3n) is 3.97. The summed E-state index contributed by atoms with van der Waals surface area (Å²) in [7, 11) is 1.79. The first kappa shape index (κ1) is 18.0. The molecule has 1 N–H and O–H groups in total. The Labute approximate surface area is 130 Å². The van der Waals surface area contributed by atoms with Crippen LogP contribution in [0.3, 0.4) is 0 Å². The predicted molar refractivity (Wildman–Crippen MR) is 88.9 cm³/mol. The summed E-state index contributed by atoms with van der Waals surface area (Å²) in [6, 6.07) is 8.38. The summed E-state index contributed by atoms with van der Waals surface area (Å²) in [4.78, 5) is 0. The van der Waals surface area contributed by atoms with Crippen molar-refractivity contribution in [1.82, 2.24) is 5.32 Å². The molecule has 0 amide bonds. The second-order valence-electron chi connectivity index (χ2n) is 5.96. The Hall–Kier alpha value is -1.06. The van der Waals surface area contributed by atoms with Gasteiger partial charge in [0.1, 0.15) is 5.75 Å². The van der Waals surface area contributed by atoms with E-state index in [9.17, 15) is 0 Å². The zero-order valence-electron chi connectivity index (χ0n) is 14.4. The highest BCUT2D eigenvalue weighted by Crippen LogP contribution is 2.36. The number of rotatable bonds is 9. The molecular weight excluding hydrogens is 262 g/mol. The van der Waals surface area contributed by atoms with Gasteiger partial charge in [0.15, 0.2) is 0 Å². The van der Waals surface area contributed by atoms with E-state index < -0.39 is 0 Å². The van der Waals surface area contributed by atoms with Crippen molar-refractivity contribution in [3.63, 3.8) is 0 Å². The van der Waals surface area contributed by atoms with Crippen LogP contribution in [0.25, 0.3) is 0 Å². The molecule has 3 nitrogen and oxygen atoms in total. The zero-order chi connectivity index (χ0) is 15.9. The largest absolute Gasteiger partial charge is 0.491 e. The fraction of sp³-hybridized carbons (Fsp3) is 0.667. The van der Waals surface area contributed by atoms with Gasteiger partial charge in [-0.2, -0.15) is 0 Å². The second-order valence-corrected chi connectivity index (χ2v) is 5.96. The predicted octanol–water partition coefficient (Wildman–Crippen LogP) is 4.33. The van der Waals surface area contributed by atoms with Crippen LogP contribution in [0.4, 0.5) is 0 Å². The number of nitrogens with one attached hydrogen (secondary N) is 1. The van der Waals surface area contributed by atoms with E-state index in [4.69, 9.17) is 9.47 Å². The van der Waals surface area contributed by atoms with Crippen LogP contribution in [0, 0.1) is 0 Å². The molecule has 21 heavy (non-hydrogen) atoms. The summed E-state index contributed by atoms with van der Waals surface area (Å²) in [5, 5.41) is 3.64. The van der Waals surface area contributed by atoms with Crippen molar-refractivity contribution in [2.24, 2.45) is 0 Å². The average Bonchev–Trinajstić information content (AvgIpc) is 2.48. The summed E-state index contributed by atoms with van der Waals surface area (Å²) < 4.78 is 11.8. The topological polar surface area (TPSA) is 30.5 Å². The molecule has 0 radical (unpaired) electrons. The van der Waals surface area contributed by atoms with Crippen molar-refractivity contribution in [1.29, 1.82) is 0 Å². The van der Waals surface area contributed by atoms with Gasteiger partial charge in [0.05, 0.1) is 17.7 Å². The smallest absolute Gasteiger partial charge is 0.124 e. The molecule has 0 aliphatic heterocycles. The Morgan fingerprint density at radius 2 is 1.86 bits per heavy atom. The van der Waals surface area contributed by atoms with Crippen LogP contribution in [0.5, 0.6) is 5.75 Å². The van der Waals surface area contributed by atoms with Gasteiger partial charge in [-0.3, -0.25) is 0 Å². The third kappa shape index (κ3) is 4.72. The maximum absolute atomic E-state index is 5.99.